The number of rotatable bonds is 9. The highest BCUT2D eigenvalue weighted by molar-refractivity contribution is 7.15. The van der Waals surface area contributed by atoms with Crippen molar-refractivity contribution >= 4 is 28.3 Å². The van der Waals surface area contributed by atoms with Crippen LogP contribution in [-0.4, -0.2) is 34.8 Å². The fourth-order valence-corrected chi connectivity index (χ4v) is 3.78. The second kappa shape index (κ2) is 10.2. The van der Waals surface area contributed by atoms with E-state index in [1.54, 1.807) is 23.1 Å². The molecule has 2 rings (SSSR count). The lowest BCUT2D eigenvalue weighted by atomic mass is 10.1. The van der Waals surface area contributed by atoms with Gasteiger partial charge in [-0.15, -0.1) is 11.3 Å². The summed E-state index contributed by atoms with van der Waals surface area (Å²) >= 11 is 1.36. The highest BCUT2D eigenvalue weighted by Crippen LogP contribution is 2.26. The molecule has 27 heavy (non-hydrogen) atoms. The van der Waals surface area contributed by atoms with Crippen LogP contribution in [0.25, 0.3) is 0 Å². The van der Waals surface area contributed by atoms with Gasteiger partial charge in [0.2, 0.25) is 11.8 Å². The summed E-state index contributed by atoms with van der Waals surface area (Å²) in [5, 5.41) is 3.30. The summed E-state index contributed by atoms with van der Waals surface area (Å²) in [7, 11) is 0. The first-order valence-electron chi connectivity index (χ1n) is 9.21. The zero-order valence-electron chi connectivity index (χ0n) is 16.0. The van der Waals surface area contributed by atoms with Crippen molar-refractivity contribution in [3.05, 3.63) is 46.2 Å². The van der Waals surface area contributed by atoms with E-state index in [0.717, 1.165) is 10.6 Å². The quantitative estimate of drug-likeness (QED) is 0.698. The van der Waals surface area contributed by atoms with Crippen molar-refractivity contribution in [3.8, 4) is 0 Å². The second-order valence-corrected chi connectivity index (χ2v) is 7.35. The number of thiazole rings is 1. The van der Waals surface area contributed by atoms with Gasteiger partial charge in [-0.25, -0.2) is 9.37 Å². The van der Waals surface area contributed by atoms with Crippen molar-refractivity contribution in [2.24, 2.45) is 0 Å². The van der Waals surface area contributed by atoms with Crippen molar-refractivity contribution in [3.63, 3.8) is 0 Å². The number of aromatic nitrogens is 1. The summed E-state index contributed by atoms with van der Waals surface area (Å²) < 4.78 is 13.8. The second-order valence-electron chi connectivity index (χ2n) is 6.26. The Hall–Kier alpha value is -2.28. The Morgan fingerprint density at radius 2 is 1.89 bits per heavy atom. The van der Waals surface area contributed by atoms with E-state index >= 15 is 0 Å². The minimum atomic E-state index is -0.242. The van der Waals surface area contributed by atoms with Gasteiger partial charge in [0.1, 0.15) is 5.82 Å². The third-order valence-corrected chi connectivity index (χ3v) is 5.43. The molecular formula is C20H26FN3O2S. The Kier molecular flexibility index (Phi) is 7.91. The molecule has 1 aromatic heterocycles. The maximum atomic E-state index is 13.8. The fraction of sp³-hybridized carbons (Fsp3) is 0.450. The molecule has 0 fully saturated rings. The Morgan fingerprint density at radius 1 is 1.19 bits per heavy atom. The normalized spacial score (nSPS) is 10.7. The summed E-state index contributed by atoms with van der Waals surface area (Å²) in [6, 6.07) is 6.65. The SMILES string of the molecule is CCN(CC)C(=O)CCCC(=O)Nc1nc(C)c(Cc2ccccc2F)s1. The first kappa shape index (κ1) is 21.0. The monoisotopic (exact) mass is 391 g/mol. The van der Waals surface area contributed by atoms with E-state index in [0.29, 0.717) is 43.0 Å². The predicted molar refractivity (Wildman–Crippen MR) is 106 cm³/mol. The zero-order chi connectivity index (χ0) is 19.8. The number of nitrogens with zero attached hydrogens (tertiary/aromatic N) is 2. The fourth-order valence-electron chi connectivity index (χ4n) is 2.78. The summed E-state index contributed by atoms with van der Waals surface area (Å²) in [5.74, 6) is -0.327. The van der Waals surface area contributed by atoms with Gasteiger partial charge in [0.25, 0.3) is 0 Å². The van der Waals surface area contributed by atoms with E-state index in [9.17, 15) is 14.0 Å². The molecule has 2 amide bonds. The van der Waals surface area contributed by atoms with Crippen LogP contribution in [-0.2, 0) is 16.0 Å². The smallest absolute Gasteiger partial charge is 0.226 e. The van der Waals surface area contributed by atoms with Crippen molar-refractivity contribution in [2.75, 3.05) is 18.4 Å². The lowest BCUT2D eigenvalue weighted by molar-refractivity contribution is -0.130. The van der Waals surface area contributed by atoms with Gasteiger partial charge in [0, 0.05) is 37.2 Å². The molecule has 0 unspecified atom stereocenters. The summed E-state index contributed by atoms with van der Waals surface area (Å²) in [6.45, 7) is 7.11. The molecule has 0 bridgehead atoms. The lowest BCUT2D eigenvalue weighted by Crippen LogP contribution is -2.30. The van der Waals surface area contributed by atoms with Crippen molar-refractivity contribution < 1.29 is 14.0 Å². The molecule has 0 aliphatic rings. The number of benzene rings is 1. The number of nitrogens with one attached hydrogen (secondary N) is 1. The number of hydrogen-bond acceptors (Lipinski definition) is 4. The van der Waals surface area contributed by atoms with Crippen molar-refractivity contribution in [1.82, 2.24) is 9.88 Å². The van der Waals surface area contributed by atoms with Crippen LogP contribution in [0, 0.1) is 12.7 Å². The first-order chi connectivity index (χ1) is 12.9. The van der Waals surface area contributed by atoms with Crippen LogP contribution in [0.4, 0.5) is 9.52 Å². The van der Waals surface area contributed by atoms with E-state index in [-0.39, 0.29) is 24.1 Å². The van der Waals surface area contributed by atoms with E-state index in [2.05, 4.69) is 10.3 Å². The van der Waals surface area contributed by atoms with Gasteiger partial charge >= 0.3 is 0 Å². The van der Waals surface area contributed by atoms with Crippen LogP contribution in [0.3, 0.4) is 0 Å². The van der Waals surface area contributed by atoms with Gasteiger partial charge < -0.3 is 10.2 Å². The first-order valence-corrected chi connectivity index (χ1v) is 10.0. The van der Waals surface area contributed by atoms with Gasteiger partial charge in [-0.2, -0.15) is 0 Å². The largest absolute Gasteiger partial charge is 0.343 e. The topological polar surface area (TPSA) is 62.3 Å². The number of carbonyl (C=O) groups is 2. The van der Waals surface area contributed by atoms with Gasteiger partial charge in [-0.1, -0.05) is 18.2 Å². The molecule has 0 atom stereocenters. The molecule has 0 spiro atoms. The number of amides is 2. The predicted octanol–water partition coefficient (Wildman–Crippen LogP) is 4.16. The summed E-state index contributed by atoms with van der Waals surface area (Å²) in [6.07, 6.45) is 1.59. The van der Waals surface area contributed by atoms with Crippen LogP contribution >= 0.6 is 11.3 Å². The molecular weight excluding hydrogens is 365 g/mol. The number of hydrogen-bond donors (Lipinski definition) is 1. The number of aryl methyl sites for hydroxylation is 1. The standard InChI is InChI=1S/C20H26FN3O2S/c1-4-24(5-2)19(26)12-8-11-18(25)23-20-22-14(3)17(27-20)13-15-9-6-7-10-16(15)21/h6-7,9-10H,4-5,8,11-13H2,1-3H3,(H,22,23,25). The van der Waals surface area contributed by atoms with Crippen LogP contribution in [0.15, 0.2) is 24.3 Å². The molecule has 2 aromatic rings. The van der Waals surface area contributed by atoms with Gasteiger partial charge in [-0.05, 0) is 38.8 Å². The number of carbonyl (C=O) groups excluding carboxylic acids is 2. The lowest BCUT2D eigenvalue weighted by Gasteiger charge is -2.18. The minimum Gasteiger partial charge on any atom is -0.343 e. The Labute approximate surface area is 163 Å². The average molecular weight is 392 g/mol. The van der Waals surface area contributed by atoms with Crippen LogP contribution in [0.2, 0.25) is 0 Å². The molecule has 146 valence electrons. The van der Waals surface area contributed by atoms with Crippen LogP contribution < -0.4 is 5.32 Å². The zero-order valence-corrected chi connectivity index (χ0v) is 16.9. The third kappa shape index (κ3) is 6.13. The molecule has 5 nitrogen and oxygen atoms in total. The maximum Gasteiger partial charge on any atom is 0.226 e. The maximum absolute atomic E-state index is 13.8. The Bertz CT molecular complexity index is 787. The Morgan fingerprint density at radius 3 is 2.56 bits per heavy atom. The van der Waals surface area contributed by atoms with E-state index in [4.69, 9.17) is 0 Å². The molecule has 0 radical (unpaired) electrons. The Balaban J connectivity index is 1.86. The molecule has 1 aromatic carbocycles. The van der Waals surface area contributed by atoms with Crippen LogP contribution in [0.1, 0.15) is 49.2 Å². The van der Waals surface area contributed by atoms with Crippen molar-refractivity contribution in [1.29, 1.82) is 0 Å². The molecule has 1 heterocycles. The van der Waals surface area contributed by atoms with Gasteiger partial charge in [0.15, 0.2) is 5.13 Å². The molecule has 0 saturated heterocycles. The number of halogens is 1. The molecule has 0 saturated carbocycles. The molecule has 1 N–H and O–H groups in total. The average Bonchev–Trinajstić information content (AvgIpc) is 2.97. The summed E-state index contributed by atoms with van der Waals surface area (Å²) in [5.41, 5.74) is 1.40. The van der Waals surface area contributed by atoms with E-state index < -0.39 is 0 Å². The molecule has 0 aliphatic carbocycles. The van der Waals surface area contributed by atoms with E-state index in [1.807, 2.05) is 20.8 Å². The van der Waals surface area contributed by atoms with Crippen LogP contribution in [0.5, 0.6) is 0 Å². The van der Waals surface area contributed by atoms with Crippen molar-refractivity contribution in [2.45, 2.75) is 46.5 Å². The molecule has 0 aliphatic heterocycles. The van der Waals surface area contributed by atoms with Gasteiger partial charge in [-0.3, -0.25) is 9.59 Å². The molecule has 7 heteroatoms. The van der Waals surface area contributed by atoms with E-state index in [1.165, 1.54) is 17.4 Å². The highest BCUT2D eigenvalue weighted by atomic mass is 32.1. The summed E-state index contributed by atoms with van der Waals surface area (Å²) in [4.78, 5) is 31.1. The third-order valence-electron chi connectivity index (χ3n) is 4.36. The van der Waals surface area contributed by atoms with Gasteiger partial charge in [0.05, 0.1) is 5.69 Å². The highest BCUT2D eigenvalue weighted by Gasteiger charge is 2.14. The minimum absolute atomic E-state index is 0.0741. The number of anilines is 1.